The molecule has 9 heteroatoms. The highest BCUT2D eigenvalue weighted by molar-refractivity contribution is 7.99. The molecular formula is C12H12N4O3S2. The van der Waals surface area contributed by atoms with E-state index >= 15 is 0 Å². The predicted octanol–water partition coefficient (Wildman–Crippen LogP) is 0.855. The zero-order valence-corrected chi connectivity index (χ0v) is 12.4. The van der Waals surface area contributed by atoms with Gasteiger partial charge in [0.25, 0.3) is 0 Å². The summed E-state index contributed by atoms with van der Waals surface area (Å²) in [6, 6.07) is 7.43. The van der Waals surface area contributed by atoms with Crippen molar-refractivity contribution in [1.29, 1.82) is 0 Å². The van der Waals surface area contributed by atoms with Crippen LogP contribution >= 0.6 is 11.8 Å². The first-order valence-corrected chi connectivity index (χ1v) is 8.31. The fourth-order valence-electron chi connectivity index (χ4n) is 1.44. The number of nitrogens with zero attached hydrogens (tertiary/aromatic N) is 2. The van der Waals surface area contributed by atoms with E-state index in [1.54, 1.807) is 24.5 Å². The molecule has 0 radical (unpaired) electrons. The Hall–Kier alpha value is -1.97. The van der Waals surface area contributed by atoms with Gasteiger partial charge in [-0.3, -0.25) is 4.79 Å². The van der Waals surface area contributed by atoms with Crippen LogP contribution in [0.5, 0.6) is 0 Å². The minimum Gasteiger partial charge on any atom is -0.325 e. The number of sulfonamides is 1. The van der Waals surface area contributed by atoms with Crippen LogP contribution in [0.3, 0.4) is 0 Å². The second-order valence-corrected chi connectivity index (χ2v) is 6.44. The van der Waals surface area contributed by atoms with Crippen molar-refractivity contribution in [3.8, 4) is 0 Å². The zero-order valence-electron chi connectivity index (χ0n) is 10.8. The standard InChI is InChI=1S/C12H12N4O3S2/c13-21(18,19)10-4-1-3-9(7-10)16-11(17)8-20-12-14-5-2-6-15-12/h1-7H,8H2,(H,16,17)(H2,13,18,19). The summed E-state index contributed by atoms with van der Waals surface area (Å²) in [5.74, 6) is -0.178. The van der Waals surface area contributed by atoms with Crippen molar-refractivity contribution in [3.05, 3.63) is 42.7 Å². The molecule has 2 aromatic rings. The molecule has 7 nitrogen and oxygen atoms in total. The molecule has 0 spiro atoms. The summed E-state index contributed by atoms with van der Waals surface area (Å²) in [4.78, 5) is 19.7. The van der Waals surface area contributed by atoms with Crippen molar-refractivity contribution < 1.29 is 13.2 Å². The number of nitrogens with one attached hydrogen (secondary N) is 1. The summed E-state index contributed by atoms with van der Waals surface area (Å²) in [5, 5.41) is 8.11. The van der Waals surface area contributed by atoms with Gasteiger partial charge in [-0.05, 0) is 24.3 Å². The molecule has 0 aliphatic carbocycles. The number of carbonyl (C=O) groups excluding carboxylic acids is 1. The Morgan fingerprint density at radius 3 is 2.62 bits per heavy atom. The largest absolute Gasteiger partial charge is 0.325 e. The van der Waals surface area contributed by atoms with E-state index in [9.17, 15) is 13.2 Å². The minimum absolute atomic E-state index is 0.0562. The number of primary sulfonamides is 1. The molecule has 0 aliphatic heterocycles. The zero-order chi connectivity index (χ0) is 15.3. The molecule has 1 amide bonds. The molecular weight excluding hydrogens is 312 g/mol. The van der Waals surface area contributed by atoms with Gasteiger partial charge >= 0.3 is 0 Å². The summed E-state index contributed by atoms with van der Waals surface area (Å²) in [7, 11) is -3.79. The quantitative estimate of drug-likeness (QED) is 0.622. The van der Waals surface area contributed by atoms with Gasteiger partial charge < -0.3 is 5.32 Å². The number of aromatic nitrogens is 2. The number of anilines is 1. The maximum atomic E-state index is 11.8. The van der Waals surface area contributed by atoms with Crippen LogP contribution < -0.4 is 10.5 Å². The monoisotopic (exact) mass is 324 g/mol. The number of amides is 1. The molecule has 0 atom stereocenters. The van der Waals surface area contributed by atoms with Gasteiger partial charge in [0.2, 0.25) is 15.9 Å². The lowest BCUT2D eigenvalue weighted by Gasteiger charge is -2.06. The van der Waals surface area contributed by atoms with E-state index < -0.39 is 10.0 Å². The highest BCUT2D eigenvalue weighted by Gasteiger charge is 2.10. The lowest BCUT2D eigenvalue weighted by molar-refractivity contribution is -0.113. The molecule has 110 valence electrons. The topological polar surface area (TPSA) is 115 Å². The molecule has 0 saturated carbocycles. The highest BCUT2D eigenvalue weighted by Crippen LogP contribution is 2.16. The Bertz CT molecular complexity index is 735. The van der Waals surface area contributed by atoms with Crippen molar-refractivity contribution in [3.63, 3.8) is 0 Å². The van der Waals surface area contributed by atoms with Crippen LogP contribution in [0.2, 0.25) is 0 Å². The Morgan fingerprint density at radius 2 is 1.95 bits per heavy atom. The molecule has 0 saturated heterocycles. The summed E-state index contributed by atoms with van der Waals surface area (Å²) in [5.41, 5.74) is 0.362. The summed E-state index contributed by atoms with van der Waals surface area (Å²) < 4.78 is 22.5. The lowest BCUT2D eigenvalue weighted by atomic mass is 10.3. The number of hydrogen-bond acceptors (Lipinski definition) is 6. The number of carbonyl (C=O) groups is 1. The molecule has 3 N–H and O–H groups in total. The predicted molar refractivity (Wildman–Crippen MR) is 79.2 cm³/mol. The first kappa shape index (κ1) is 15.4. The second kappa shape index (κ2) is 6.66. The van der Waals surface area contributed by atoms with Gasteiger partial charge in [-0.2, -0.15) is 0 Å². The number of benzene rings is 1. The van der Waals surface area contributed by atoms with Gasteiger partial charge in [0.1, 0.15) is 0 Å². The summed E-state index contributed by atoms with van der Waals surface area (Å²) in [6.07, 6.45) is 3.17. The van der Waals surface area contributed by atoms with E-state index in [0.717, 1.165) is 0 Å². The number of nitrogens with two attached hydrogens (primary N) is 1. The average Bonchev–Trinajstić information content (AvgIpc) is 2.46. The lowest BCUT2D eigenvalue weighted by Crippen LogP contribution is -2.16. The SMILES string of the molecule is NS(=O)(=O)c1cccc(NC(=O)CSc2ncccn2)c1. The van der Waals surface area contributed by atoms with Crippen LogP contribution in [0.25, 0.3) is 0 Å². The van der Waals surface area contributed by atoms with Crippen molar-refractivity contribution in [1.82, 2.24) is 9.97 Å². The van der Waals surface area contributed by atoms with E-state index in [1.807, 2.05) is 0 Å². The average molecular weight is 324 g/mol. The molecule has 0 unspecified atom stereocenters. The van der Waals surface area contributed by atoms with E-state index in [4.69, 9.17) is 5.14 Å². The van der Waals surface area contributed by atoms with Gasteiger partial charge in [-0.1, -0.05) is 17.8 Å². The van der Waals surface area contributed by atoms with Crippen molar-refractivity contribution in [2.45, 2.75) is 10.1 Å². The van der Waals surface area contributed by atoms with Crippen LogP contribution in [0.1, 0.15) is 0 Å². The molecule has 1 aromatic carbocycles. The first-order chi connectivity index (χ1) is 9.95. The summed E-state index contributed by atoms with van der Waals surface area (Å²) in [6.45, 7) is 0. The third-order valence-corrected chi connectivity index (χ3v) is 4.11. The van der Waals surface area contributed by atoms with Crippen molar-refractivity contribution in [2.75, 3.05) is 11.1 Å². The minimum atomic E-state index is -3.79. The molecule has 1 heterocycles. The second-order valence-electron chi connectivity index (χ2n) is 3.94. The fourth-order valence-corrected chi connectivity index (χ4v) is 2.60. The van der Waals surface area contributed by atoms with E-state index in [0.29, 0.717) is 10.8 Å². The van der Waals surface area contributed by atoms with Gasteiger partial charge in [-0.15, -0.1) is 0 Å². The van der Waals surface area contributed by atoms with Crippen LogP contribution in [-0.2, 0) is 14.8 Å². The molecule has 2 rings (SSSR count). The number of hydrogen-bond donors (Lipinski definition) is 2. The van der Waals surface area contributed by atoms with Gasteiger partial charge in [-0.25, -0.2) is 23.5 Å². The van der Waals surface area contributed by atoms with Gasteiger partial charge in [0, 0.05) is 18.1 Å². The Kier molecular flexibility index (Phi) is 4.89. The number of thioether (sulfide) groups is 1. The molecule has 21 heavy (non-hydrogen) atoms. The number of rotatable bonds is 5. The fraction of sp³-hybridized carbons (Fsp3) is 0.0833. The molecule has 0 aliphatic rings. The normalized spacial score (nSPS) is 11.1. The third-order valence-electron chi connectivity index (χ3n) is 2.32. The van der Waals surface area contributed by atoms with Gasteiger partial charge in [0.05, 0.1) is 10.6 Å². The molecule has 0 bridgehead atoms. The molecule has 1 aromatic heterocycles. The summed E-state index contributed by atoms with van der Waals surface area (Å²) >= 11 is 1.18. The maximum absolute atomic E-state index is 11.8. The van der Waals surface area contributed by atoms with E-state index in [1.165, 1.54) is 30.0 Å². The van der Waals surface area contributed by atoms with Crippen LogP contribution in [-0.4, -0.2) is 30.0 Å². The maximum Gasteiger partial charge on any atom is 0.238 e. The highest BCUT2D eigenvalue weighted by atomic mass is 32.2. The van der Waals surface area contributed by atoms with E-state index in [-0.39, 0.29) is 16.6 Å². The third kappa shape index (κ3) is 4.81. The Balaban J connectivity index is 1.97. The van der Waals surface area contributed by atoms with Crippen LogP contribution in [0.4, 0.5) is 5.69 Å². The van der Waals surface area contributed by atoms with Crippen molar-refractivity contribution >= 4 is 33.4 Å². The van der Waals surface area contributed by atoms with E-state index in [2.05, 4.69) is 15.3 Å². The van der Waals surface area contributed by atoms with Gasteiger partial charge in [0.15, 0.2) is 5.16 Å². The Labute approximate surface area is 126 Å². The Morgan fingerprint density at radius 1 is 1.24 bits per heavy atom. The van der Waals surface area contributed by atoms with Crippen molar-refractivity contribution in [2.24, 2.45) is 5.14 Å². The van der Waals surface area contributed by atoms with Crippen LogP contribution in [0, 0.1) is 0 Å². The first-order valence-electron chi connectivity index (χ1n) is 5.78. The van der Waals surface area contributed by atoms with Crippen LogP contribution in [0.15, 0.2) is 52.8 Å². The molecule has 0 fully saturated rings. The smallest absolute Gasteiger partial charge is 0.238 e.